The number of carbonyl (C=O) groups excluding carboxylic acids is 2. The summed E-state index contributed by atoms with van der Waals surface area (Å²) in [4.78, 5) is 23.4. The number of nitrogens with zero attached hydrogens (tertiary/aromatic N) is 2. The summed E-state index contributed by atoms with van der Waals surface area (Å²) in [5.74, 6) is -0.880. The fourth-order valence-electron chi connectivity index (χ4n) is 1.74. The van der Waals surface area contributed by atoms with Gasteiger partial charge in [-0.2, -0.15) is 5.10 Å². The summed E-state index contributed by atoms with van der Waals surface area (Å²) in [6, 6.07) is 7.03. The lowest BCUT2D eigenvalue weighted by atomic mass is 10.2. The number of carbonyl (C=O) groups is 2. The van der Waals surface area contributed by atoms with E-state index in [9.17, 15) is 9.59 Å². The molecule has 0 atom stereocenters. The van der Waals surface area contributed by atoms with Crippen LogP contribution in [0, 0.1) is 0 Å². The highest BCUT2D eigenvalue weighted by molar-refractivity contribution is 6.32. The average Bonchev–Trinajstić information content (AvgIpc) is 2.84. The van der Waals surface area contributed by atoms with E-state index in [0.29, 0.717) is 10.7 Å². The number of ketones is 1. The second-order valence-corrected chi connectivity index (χ2v) is 4.47. The topological polar surface area (TPSA) is 61.2 Å². The summed E-state index contributed by atoms with van der Waals surface area (Å²) in [6.45, 7) is 3.28. The number of halogens is 1. The van der Waals surface area contributed by atoms with Gasteiger partial charge in [0.15, 0.2) is 11.5 Å². The second kappa shape index (κ2) is 5.88. The molecule has 0 spiro atoms. The van der Waals surface area contributed by atoms with Crippen LogP contribution < -0.4 is 0 Å². The van der Waals surface area contributed by atoms with Gasteiger partial charge in [0.05, 0.1) is 22.9 Å². The highest BCUT2D eigenvalue weighted by atomic mass is 35.5. The molecule has 0 aliphatic carbocycles. The van der Waals surface area contributed by atoms with E-state index < -0.39 is 5.97 Å². The van der Waals surface area contributed by atoms with Gasteiger partial charge in [-0.1, -0.05) is 23.7 Å². The predicted molar refractivity (Wildman–Crippen MR) is 74.5 cm³/mol. The van der Waals surface area contributed by atoms with Crippen LogP contribution in [0.4, 0.5) is 0 Å². The van der Waals surface area contributed by atoms with Crippen molar-refractivity contribution in [2.75, 3.05) is 6.61 Å². The lowest BCUT2D eigenvalue weighted by molar-refractivity contribution is 0.0516. The summed E-state index contributed by atoms with van der Waals surface area (Å²) in [6.07, 6.45) is 1.48. The summed E-state index contributed by atoms with van der Waals surface area (Å²) >= 11 is 6.08. The third kappa shape index (κ3) is 2.72. The molecule has 2 aromatic rings. The Hall–Kier alpha value is -2.14. The number of rotatable bonds is 4. The highest BCUT2D eigenvalue weighted by Crippen LogP contribution is 2.21. The molecule has 6 heteroatoms. The molecule has 0 N–H and O–H groups in total. The minimum Gasteiger partial charge on any atom is -0.461 e. The van der Waals surface area contributed by atoms with E-state index in [2.05, 4.69) is 5.10 Å². The molecule has 1 heterocycles. The molecule has 2 rings (SSSR count). The van der Waals surface area contributed by atoms with Crippen molar-refractivity contribution in [3.05, 3.63) is 46.7 Å². The van der Waals surface area contributed by atoms with Gasteiger partial charge in [-0.05, 0) is 26.0 Å². The molecule has 0 unspecified atom stereocenters. The molecule has 20 heavy (non-hydrogen) atoms. The van der Waals surface area contributed by atoms with Gasteiger partial charge in [0.2, 0.25) is 0 Å². The van der Waals surface area contributed by atoms with Gasteiger partial charge in [-0.25, -0.2) is 9.48 Å². The largest absolute Gasteiger partial charge is 0.461 e. The van der Waals surface area contributed by atoms with E-state index in [1.165, 1.54) is 17.8 Å². The Morgan fingerprint density at radius 1 is 1.35 bits per heavy atom. The molecule has 0 saturated carbocycles. The van der Waals surface area contributed by atoms with Gasteiger partial charge in [0, 0.05) is 6.20 Å². The molecule has 0 radical (unpaired) electrons. The Bertz CT molecular complexity index is 664. The van der Waals surface area contributed by atoms with E-state index >= 15 is 0 Å². The fourth-order valence-corrected chi connectivity index (χ4v) is 1.97. The first kappa shape index (κ1) is 14.3. The van der Waals surface area contributed by atoms with Crippen molar-refractivity contribution in [1.29, 1.82) is 0 Å². The molecule has 0 bridgehead atoms. The van der Waals surface area contributed by atoms with Crippen LogP contribution in [0.15, 0.2) is 30.5 Å². The normalized spacial score (nSPS) is 10.3. The first-order valence-corrected chi connectivity index (χ1v) is 6.45. The van der Waals surface area contributed by atoms with Gasteiger partial charge >= 0.3 is 5.97 Å². The van der Waals surface area contributed by atoms with Crippen LogP contribution in [0.25, 0.3) is 5.69 Å². The molecule has 0 saturated heterocycles. The Kier molecular flexibility index (Phi) is 4.20. The summed E-state index contributed by atoms with van der Waals surface area (Å²) < 4.78 is 6.31. The molecule has 104 valence electrons. The van der Waals surface area contributed by atoms with Crippen LogP contribution in [0.5, 0.6) is 0 Å². The molecule has 5 nitrogen and oxygen atoms in total. The monoisotopic (exact) mass is 292 g/mol. The van der Waals surface area contributed by atoms with Crippen LogP contribution in [-0.2, 0) is 4.74 Å². The number of aromatic nitrogens is 2. The standard InChI is InChI=1S/C14H13ClN2O3/c1-3-20-14(19)13-10(9(2)18)8-17(16-13)12-7-5-4-6-11(12)15/h4-8H,3H2,1-2H3. The second-order valence-electron chi connectivity index (χ2n) is 4.06. The number of ether oxygens (including phenoxy) is 1. The third-order valence-corrected chi connectivity index (χ3v) is 2.98. The molecule has 1 aromatic heterocycles. The zero-order valence-electron chi connectivity index (χ0n) is 11.1. The molecule has 0 aliphatic heterocycles. The van der Waals surface area contributed by atoms with Gasteiger partial charge in [0.1, 0.15) is 0 Å². The number of benzene rings is 1. The molecular formula is C14H13ClN2O3. The maximum absolute atomic E-state index is 11.8. The van der Waals surface area contributed by atoms with E-state index in [1.54, 1.807) is 31.2 Å². The van der Waals surface area contributed by atoms with Crippen molar-refractivity contribution in [2.45, 2.75) is 13.8 Å². The van der Waals surface area contributed by atoms with Crippen LogP contribution in [0.1, 0.15) is 34.7 Å². The van der Waals surface area contributed by atoms with Crippen LogP contribution in [0.3, 0.4) is 0 Å². The maximum atomic E-state index is 11.8. The van der Waals surface area contributed by atoms with Crippen molar-refractivity contribution in [3.63, 3.8) is 0 Å². The number of para-hydroxylation sites is 1. The minimum absolute atomic E-state index is 0.000676. The quantitative estimate of drug-likeness (QED) is 0.642. The Labute approximate surface area is 121 Å². The SMILES string of the molecule is CCOC(=O)c1nn(-c2ccccc2Cl)cc1C(C)=O. The summed E-state index contributed by atoms with van der Waals surface area (Å²) in [7, 11) is 0. The molecule has 0 fully saturated rings. The van der Waals surface area contributed by atoms with Gasteiger partial charge in [0.25, 0.3) is 0 Å². The number of Topliss-reactive ketones (excluding diaryl/α,β-unsaturated/α-hetero) is 1. The minimum atomic E-state index is -0.622. The molecule has 0 amide bonds. The van der Waals surface area contributed by atoms with Crippen molar-refractivity contribution >= 4 is 23.4 Å². The lowest BCUT2D eigenvalue weighted by Gasteiger charge is -2.02. The zero-order valence-corrected chi connectivity index (χ0v) is 11.8. The number of hydrogen-bond acceptors (Lipinski definition) is 4. The van der Waals surface area contributed by atoms with Gasteiger partial charge in [-0.15, -0.1) is 0 Å². The lowest BCUT2D eigenvalue weighted by Crippen LogP contribution is -2.10. The van der Waals surface area contributed by atoms with Crippen molar-refractivity contribution in [2.24, 2.45) is 0 Å². The van der Waals surface area contributed by atoms with Crippen LogP contribution in [0.2, 0.25) is 5.02 Å². The van der Waals surface area contributed by atoms with Crippen molar-refractivity contribution < 1.29 is 14.3 Å². The number of hydrogen-bond donors (Lipinski definition) is 0. The van der Waals surface area contributed by atoms with Crippen LogP contribution >= 0.6 is 11.6 Å². The molecular weight excluding hydrogens is 280 g/mol. The van der Waals surface area contributed by atoms with Crippen LogP contribution in [-0.4, -0.2) is 28.1 Å². The van der Waals surface area contributed by atoms with E-state index in [-0.39, 0.29) is 23.6 Å². The van der Waals surface area contributed by atoms with E-state index in [0.717, 1.165) is 0 Å². The summed E-state index contributed by atoms with van der Waals surface area (Å²) in [5, 5.41) is 4.59. The van der Waals surface area contributed by atoms with Gasteiger partial charge < -0.3 is 4.74 Å². The maximum Gasteiger partial charge on any atom is 0.359 e. The zero-order chi connectivity index (χ0) is 14.7. The fraction of sp³-hybridized carbons (Fsp3) is 0.214. The van der Waals surface area contributed by atoms with Crippen molar-refractivity contribution in [1.82, 2.24) is 9.78 Å². The average molecular weight is 293 g/mol. The van der Waals surface area contributed by atoms with E-state index in [1.807, 2.05) is 0 Å². The highest BCUT2D eigenvalue weighted by Gasteiger charge is 2.21. The predicted octanol–water partition coefficient (Wildman–Crippen LogP) is 2.91. The first-order chi connectivity index (χ1) is 9.54. The number of esters is 1. The van der Waals surface area contributed by atoms with Crippen molar-refractivity contribution in [3.8, 4) is 5.69 Å². The summed E-state index contributed by atoms with van der Waals surface area (Å²) in [5.41, 5.74) is 0.801. The molecule has 0 aliphatic rings. The molecule has 1 aromatic carbocycles. The third-order valence-electron chi connectivity index (χ3n) is 2.66. The van der Waals surface area contributed by atoms with Gasteiger partial charge in [-0.3, -0.25) is 4.79 Å². The Morgan fingerprint density at radius 3 is 2.65 bits per heavy atom. The first-order valence-electron chi connectivity index (χ1n) is 6.07. The Morgan fingerprint density at radius 2 is 2.05 bits per heavy atom. The Balaban J connectivity index is 2.53. The van der Waals surface area contributed by atoms with E-state index in [4.69, 9.17) is 16.3 Å². The smallest absolute Gasteiger partial charge is 0.359 e.